The molecule has 100 valence electrons. The third-order valence-corrected chi connectivity index (χ3v) is 5.33. The van der Waals surface area contributed by atoms with E-state index in [1.54, 1.807) is 6.92 Å². The van der Waals surface area contributed by atoms with Gasteiger partial charge in [-0.3, -0.25) is 0 Å². The van der Waals surface area contributed by atoms with Gasteiger partial charge in [0, 0.05) is 17.1 Å². The van der Waals surface area contributed by atoms with Gasteiger partial charge in [0.2, 0.25) is 10.0 Å². The van der Waals surface area contributed by atoms with Crippen molar-refractivity contribution in [3.8, 4) is 0 Å². The van der Waals surface area contributed by atoms with Gasteiger partial charge in [0.1, 0.15) is 10.7 Å². The molecule has 0 bridgehead atoms. The van der Waals surface area contributed by atoms with Crippen molar-refractivity contribution in [3.05, 3.63) is 28.5 Å². The molecular formula is C11H13BrFNO3S. The highest BCUT2D eigenvalue weighted by Gasteiger charge is 2.33. The standard InChI is InChI=1S/C11H13BrFNO3S/c1-8-7-17-5-4-14(8)18(15,16)11-3-2-9(12)6-10(11)13/h2-3,6,8H,4-5,7H2,1H3/t8-/m1/s1. The highest BCUT2D eigenvalue weighted by Crippen LogP contribution is 2.25. The van der Waals surface area contributed by atoms with Crippen molar-refractivity contribution in [3.63, 3.8) is 0 Å². The number of morpholine rings is 1. The SMILES string of the molecule is C[C@@H]1COCCN1S(=O)(=O)c1ccc(Br)cc1F. The van der Waals surface area contributed by atoms with E-state index in [4.69, 9.17) is 4.74 Å². The number of hydrogen-bond acceptors (Lipinski definition) is 3. The van der Waals surface area contributed by atoms with Gasteiger partial charge in [-0.25, -0.2) is 12.8 Å². The van der Waals surface area contributed by atoms with E-state index < -0.39 is 15.8 Å². The molecule has 1 fully saturated rings. The van der Waals surface area contributed by atoms with Gasteiger partial charge in [-0.2, -0.15) is 4.31 Å². The van der Waals surface area contributed by atoms with Gasteiger partial charge in [-0.1, -0.05) is 15.9 Å². The summed E-state index contributed by atoms with van der Waals surface area (Å²) in [6.07, 6.45) is 0. The van der Waals surface area contributed by atoms with Crippen molar-refractivity contribution < 1.29 is 17.5 Å². The topological polar surface area (TPSA) is 46.6 Å². The summed E-state index contributed by atoms with van der Waals surface area (Å²) >= 11 is 3.10. The molecule has 0 spiro atoms. The number of sulfonamides is 1. The summed E-state index contributed by atoms with van der Waals surface area (Å²) in [5.74, 6) is -0.747. The molecule has 1 aromatic rings. The van der Waals surface area contributed by atoms with Crippen LogP contribution in [0, 0.1) is 5.82 Å². The van der Waals surface area contributed by atoms with Gasteiger partial charge in [0.15, 0.2) is 0 Å². The van der Waals surface area contributed by atoms with Gasteiger partial charge < -0.3 is 4.74 Å². The van der Waals surface area contributed by atoms with Crippen LogP contribution in [0.25, 0.3) is 0 Å². The van der Waals surface area contributed by atoms with Crippen LogP contribution in [0.1, 0.15) is 6.92 Å². The molecule has 7 heteroatoms. The molecule has 0 radical (unpaired) electrons. The largest absolute Gasteiger partial charge is 0.378 e. The van der Waals surface area contributed by atoms with E-state index in [0.717, 1.165) is 6.07 Å². The number of rotatable bonds is 2. The second kappa shape index (κ2) is 5.24. The monoisotopic (exact) mass is 337 g/mol. The van der Waals surface area contributed by atoms with Crippen molar-refractivity contribution in [1.82, 2.24) is 4.31 Å². The van der Waals surface area contributed by atoms with Crippen molar-refractivity contribution in [2.45, 2.75) is 17.9 Å². The van der Waals surface area contributed by atoms with E-state index in [9.17, 15) is 12.8 Å². The van der Waals surface area contributed by atoms with Gasteiger partial charge in [-0.05, 0) is 25.1 Å². The van der Waals surface area contributed by atoms with Gasteiger partial charge >= 0.3 is 0 Å². The quantitative estimate of drug-likeness (QED) is 0.829. The second-order valence-electron chi connectivity index (χ2n) is 4.11. The summed E-state index contributed by atoms with van der Waals surface area (Å²) in [6.45, 7) is 2.66. The second-order valence-corrected chi connectivity index (χ2v) is 6.89. The Morgan fingerprint density at radius 2 is 2.22 bits per heavy atom. The minimum Gasteiger partial charge on any atom is -0.378 e. The maximum Gasteiger partial charge on any atom is 0.246 e. The third kappa shape index (κ3) is 2.59. The fourth-order valence-electron chi connectivity index (χ4n) is 1.88. The molecule has 1 aliphatic rings. The van der Waals surface area contributed by atoms with E-state index in [2.05, 4.69) is 15.9 Å². The van der Waals surface area contributed by atoms with E-state index in [0.29, 0.717) is 17.7 Å². The van der Waals surface area contributed by atoms with Crippen molar-refractivity contribution in [2.24, 2.45) is 0 Å². The fraction of sp³-hybridized carbons (Fsp3) is 0.455. The van der Waals surface area contributed by atoms with Crippen molar-refractivity contribution in [2.75, 3.05) is 19.8 Å². The zero-order chi connectivity index (χ0) is 13.3. The lowest BCUT2D eigenvalue weighted by Gasteiger charge is -2.32. The summed E-state index contributed by atoms with van der Waals surface area (Å²) in [5.41, 5.74) is 0. The molecule has 0 aliphatic carbocycles. The highest BCUT2D eigenvalue weighted by atomic mass is 79.9. The van der Waals surface area contributed by atoms with Crippen molar-refractivity contribution in [1.29, 1.82) is 0 Å². The Balaban J connectivity index is 2.41. The van der Waals surface area contributed by atoms with Gasteiger partial charge in [-0.15, -0.1) is 0 Å². The van der Waals surface area contributed by atoms with E-state index in [1.807, 2.05) is 0 Å². The minimum atomic E-state index is -3.80. The van der Waals surface area contributed by atoms with Crippen LogP contribution < -0.4 is 0 Å². The number of benzene rings is 1. The molecule has 0 saturated carbocycles. The zero-order valence-corrected chi connectivity index (χ0v) is 12.2. The predicted molar refractivity (Wildman–Crippen MR) is 68.3 cm³/mol. The molecule has 1 aromatic carbocycles. The molecule has 1 atom stereocenters. The Bertz CT molecular complexity index is 549. The first-order valence-corrected chi connectivity index (χ1v) is 7.71. The molecule has 0 amide bonds. The zero-order valence-electron chi connectivity index (χ0n) is 9.77. The first kappa shape index (κ1) is 13.9. The first-order chi connectivity index (χ1) is 8.43. The van der Waals surface area contributed by atoms with Crippen LogP contribution in [0.5, 0.6) is 0 Å². The van der Waals surface area contributed by atoms with Crippen molar-refractivity contribution >= 4 is 26.0 Å². The summed E-state index contributed by atoms with van der Waals surface area (Å²) in [4.78, 5) is -0.292. The lowest BCUT2D eigenvalue weighted by atomic mass is 10.3. The van der Waals surface area contributed by atoms with Crippen LogP contribution in [-0.2, 0) is 14.8 Å². The molecule has 4 nitrogen and oxygen atoms in total. The minimum absolute atomic E-state index is 0.249. The normalized spacial score (nSPS) is 22.1. The number of halogens is 2. The summed E-state index contributed by atoms with van der Waals surface area (Å²) in [7, 11) is -3.80. The summed E-state index contributed by atoms with van der Waals surface area (Å²) < 4.78 is 45.4. The first-order valence-electron chi connectivity index (χ1n) is 5.47. The lowest BCUT2D eigenvalue weighted by molar-refractivity contribution is 0.0392. The maximum absolute atomic E-state index is 13.8. The summed E-state index contributed by atoms with van der Waals surface area (Å²) in [5, 5.41) is 0. The number of ether oxygens (including phenoxy) is 1. The fourth-order valence-corrected chi connectivity index (χ4v) is 3.86. The van der Waals surface area contributed by atoms with E-state index >= 15 is 0 Å². The van der Waals surface area contributed by atoms with Crippen LogP contribution in [0.3, 0.4) is 0 Å². The Labute approximate surface area is 114 Å². The number of hydrogen-bond donors (Lipinski definition) is 0. The highest BCUT2D eigenvalue weighted by molar-refractivity contribution is 9.10. The number of nitrogens with zero attached hydrogens (tertiary/aromatic N) is 1. The molecule has 1 saturated heterocycles. The van der Waals surface area contributed by atoms with Crippen LogP contribution >= 0.6 is 15.9 Å². The predicted octanol–water partition coefficient (Wildman–Crippen LogP) is 2.00. The molecule has 1 aliphatic heterocycles. The molecule has 0 unspecified atom stereocenters. The Morgan fingerprint density at radius 3 is 2.83 bits per heavy atom. The van der Waals surface area contributed by atoms with Crippen LogP contribution in [0.4, 0.5) is 4.39 Å². The molecule has 18 heavy (non-hydrogen) atoms. The summed E-state index contributed by atoms with van der Waals surface area (Å²) in [6, 6.07) is 3.66. The van der Waals surface area contributed by atoms with Crippen LogP contribution in [0.2, 0.25) is 0 Å². The molecular weight excluding hydrogens is 325 g/mol. The van der Waals surface area contributed by atoms with Crippen LogP contribution in [0.15, 0.2) is 27.6 Å². The molecule has 2 rings (SSSR count). The Morgan fingerprint density at radius 1 is 1.50 bits per heavy atom. The van der Waals surface area contributed by atoms with Gasteiger partial charge in [0.25, 0.3) is 0 Å². The Kier molecular flexibility index (Phi) is 4.05. The lowest BCUT2D eigenvalue weighted by Crippen LogP contribution is -2.47. The average molecular weight is 338 g/mol. The van der Waals surface area contributed by atoms with Crippen LogP contribution in [-0.4, -0.2) is 38.5 Å². The molecule has 1 heterocycles. The smallest absolute Gasteiger partial charge is 0.246 e. The third-order valence-electron chi connectivity index (χ3n) is 2.79. The van der Waals surface area contributed by atoms with E-state index in [1.165, 1.54) is 16.4 Å². The average Bonchev–Trinajstić information content (AvgIpc) is 2.28. The molecule has 0 N–H and O–H groups in total. The Hall–Kier alpha value is -0.500. The maximum atomic E-state index is 13.8. The van der Waals surface area contributed by atoms with Gasteiger partial charge in [0.05, 0.1) is 13.2 Å². The molecule has 0 aromatic heterocycles. The van der Waals surface area contributed by atoms with E-state index in [-0.39, 0.29) is 17.5 Å².